The highest BCUT2D eigenvalue weighted by Crippen LogP contribution is 2.23. The number of benzene rings is 1. The first-order chi connectivity index (χ1) is 11.7. The second-order valence-electron chi connectivity index (χ2n) is 6.15. The van der Waals surface area contributed by atoms with E-state index in [1.54, 1.807) is 17.7 Å². The number of carbonyl (C=O) groups excluding carboxylic acids is 1. The van der Waals surface area contributed by atoms with Crippen LogP contribution in [0.2, 0.25) is 0 Å². The van der Waals surface area contributed by atoms with Crippen molar-refractivity contribution in [3.8, 4) is 0 Å². The molecule has 1 N–H and O–H groups in total. The van der Waals surface area contributed by atoms with Gasteiger partial charge in [-0.1, -0.05) is 30.3 Å². The standard InChI is InChI=1S/C19H23N3OS/c1-15(16-5-3-2-4-6-16)22-11-9-17(10-12-22)21-19(23)8-7-18-13-24-14-20-18/h2-8,13-15,17H,9-12H2,1H3,(H,21,23)/b8-7+/t15-/m1/s1. The van der Waals surface area contributed by atoms with Crippen LogP contribution in [0.4, 0.5) is 0 Å². The van der Waals surface area contributed by atoms with Crippen LogP contribution in [0, 0.1) is 0 Å². The van der Waals surface area contributed by atoms with Crippen LogP contribution in [0.1, 0.15) is 37.1 Å². The fourth-order valence-corrected chi connectivity index (χ4v) is 3.61. The van der Waals surface area contributed by atoms with Crippen molar-refractivity contribution < 1.29 is 4.79 Å². The number of nitrogens with one attached hydrogen (secondary N) is 1. The second kappa shape index (κ2) is 8.22. The van der Waals surface area contributed by atoms with E-state index in [4.69, 9.17) is 0 Å². The maximum absolute atomic E-state index is 12.0. The Balaban J connectivity index is 1.46. The van der Waals surface area contributed by atoms with Gasteiger partial charge in [0.1, 0.15) is 0 Å². The van der Waals surface area contributed by atoms with E-state index in [2.05, 4.69) is 52.5 Å². The fourth-order valence-electron chi connectivity index (χ4n) is 3.09. The van der Waals surface area contributed by atoms with Gasteiger partial charge in [-0.2, -0.15) is 0 Å². The predicted octanol–water partition coefficient (Wildman–Crippen LogP) is 3.50. The second-order valence-corrected chi connectivity index (χ2v) is 6.87. The lowest BCUT2D eigenvalue weighted by molar-refractivity contribution is -0.117. The SMILES string of the molecule is C[C@H](c1ccccc1)N1CCC(NC(=O)/C=C/c2cscn2)CC1. The molecule has 0 aliphatic carbocycles. The van der Waals surface area contributed by atoms with Crippen molar-refractivity contribution >= 4 is 23.3 Å². The average Bonchev–Trinajstić information content (AvgIpc) is 3.14. The third-order valence-corrected chi connectivity index (χ3v) is 5.17. The van der Waals surface area contributed by atoms with Crippen LogP contribution in [-0.2, 0) is 4.79 Å². The summed E-state index contributed by atoms with van der Waals surface area (Å²) in [5.74, 6) is -0.0300. The van der Waals surface area contributed by atoms with E-state index in [0.29, 0.717) is 6.04 Å². The van der Waals surface area contributed by atoms with Crippen molar-refractivity contribution in [2.24, 2.45) is 0 Å². The molecule has 0 saturated carbocycles. The highest BCUT2D eigenvalue weighted by atomic mass is 32.1. The first-order valence-electron chi connectivity index (χ1n) is 8.38. The number of nitrogens with zero attached hydrogens (tertiary/aromatic N) is 2. The Bertz CT molecular complexity index is 661. The molecule has 0 spiro atoms. The lowest BCUT2D eigenvalue weighted by Crippen LogP contribution is -2.44. The van der Waals surface area contributed by atoms with E-state index >= 15 is 0 Å². The van der Waals surface area contributed by atoms with Gasteiger partial charge in [-0.15, -0.1) is 11.3 Å². The summed E-state index contributed by atoms with van der Waals surface area (Å²) in [5.41, 5.74) is 3.95. The molecule has 5 heteroatoms. The molecule has 126 valence electrons. The van der Waals surface area contributed by atoms with Gasteiger partial charge in [0.2, 0.25) is 5.91 Å². The van der Waals surface area contributed by atoms with Crippen molar-refractivity contribution in [2.45, 2.75) is 31.8 Å². The van der Waals surface area contributed by atoms with Gasteiger partial charge >= 0.3 is 0 Å². The van der Waals surface area contributed by atoms with Crippen molar-refractivity contribution in [3.63, 3.8) is 0 Å². The molecule has 24 heavy (non-hydrogen) atoms. The number of amides is 1. The molecule has 1 aliphatic rings. The van der Waals surface area contributed by atoms with Crippen molar-refractivity contribution in [3.05, 3.63) is 58.6 Å². The zero-order chi connectivity index (χ0) is 16.8. The average molecular weight is 341 g/mol. The highest BCUT2D eigenvalue weighted by molar-refractivity contribution is 7.07. The Kier molecular flexibility index (Phi) is 5.77. The monoisotopic (exact) mass is 341 g/mol. The fraction of sp³-hybridized carbons (Fsp3) is 0.368. The van der Waals surface area contributed by atoms with E-state index in [0.717, 1.165) is 31.6 Å². The molecule has 0 bridgehead atoms. The summed E-state index contributed by atoms with van der Waals surface area (Å²) < 4.78 is 0. The number of hydrogen-bond acceptors (Lipinski definition) is 4. The molecule has 4 nitrogen and oxygen atoms in total. The molecule has 1 fully saturated rings. The van der Waals surface area contributed by atoms with Gasteiger partial charge in [-0.25, -0.2) is 4.98 Å². The number of piperidine rings is 1. The molecule has 2 heterocycles. The summed E-state index contributed by atoms with van der Waals surface area (Å²) in [7, 11) is 0. The summed E-state index contributed by atoms with van der Waals surface area (Å²) in [6.07, 6.45) is 5.33. The minimum absolute atomic E-state index is 0.0300. The Morgan fingerprint density at radius 2 is 2.08 bits per heavy atom. The summed E-state index contributed by atoms with van der Waals surface area (Å²) in [5, 5.41) is 5.03. The molecule has 2 aromatic rings. The van der Waals surface area contributed by atoms with Crippen LogP contribution in [0.25, 0.3) is 6.08 Å². The van der Waals surface area contributed by atoms with E-state index in [1.807, 2.05) is 5.38 Å². The van der Waals surface area contributed by atoms with Crippen LogP contribution in [-0.4, -0.2) is 34.9 Å². The molecular formula is C19H23N3OS. The Hall–Kier alpha value is -1.98. The zero-order valence-corrected chi connectivity index (χ0v) is 14.7. The maximum atomic E-state index is 12.0. The van der Waals surface area contributed by atoms with Crippen LogP contribution < -0.4 is 5.32 Å². The minimum atomic E-state index is -0.0300. The van der Waals surface area contributed by atoms with Crippen molar-refractivity contribution in [1.82, 2.24) is 15.2 Å². The normalized spacial score (nSPS) is 17.9. The number of likely N-dealkylation sites (tertiary alicyclic amines) is 1. The quantitative estimate of drug-likeness (QED) is 0.847. The van der Waals surface area contributed by atoms with Gasteiger partial charge in [0.25, 0.3) is 0 Å². The van der Waals surface area contributed by atoms with Crippen LogP contribution in [0.3, 0.4) is 0 Å². The largest absolute Gasteiger partial charge is 0.350 e. The predicted molar refractivity (Wildman–Crippen MR) is 98.7 cm³/mol. The Morgan fingerprint density at radius 3 is 2.75 bits per heavy atom. The van der Waals surface area contributed by atoms with Gasteiger partial charge in [-0.05, 0) is 31.4 Å². The Morgan fingerprint density at radius 1 is 1.33 bits per heavy atom. The van der Waals surface area contributed by atoms with E-state index in [9.17, 15) is 4.79 Å². The molecule has 1 aliphatic heterocycles. The number of thiazole rings is 1. The van der Waals surface area contributed by atoms with Gasteiger partial charge in [0.15, 0.2) is 0 Å². The summed E-state index contributed by atoms with van der Waals surface area (Å²) in [6, 6.07) is 11.3. The van der Waals surface area contributed by atoms with Crippen molar-refractivity contribution in [2.75, 3.05) is 13.1 Å². The summed E-state index contributed by atoms with van der Waals surface area (Å²) >= 11 is 1.53. The van der Waals surface area contributed by atoms with E-state index < -0.39 is 0 Å². The molecule has 3 rings (SSSR count). The Labute approximate surface area is 147 Å². The van der Waals surface area contributed by atoms with Crippen molar-refractivity contribution in [1.29, 1.82) is 0 Å². The number of aromatic nitrogens is 1. The first-order valence-corrected chi connectivity index (χ1v) is 9.32. The van der Waals surface area contributed by atoms with Gasteiger partial charge in [-0.3, -0.25) is 9.69 Å². The lowest BCUT2D eigenvalue weighted by atomic mass is 10.00. The number of hydrogen-bond donors (Lipinski definition) is 1. The number of rotatable bonds is 5. The maximum Gasteiger partial charge on any atom is 0.244 e. The van der Waals surface area contributed by atoms with Gasteiger partial charge in [0.05, 0.1) is 11.2 Å². The summed E-state index contributed by atoms with van der Waals surface area (Å²) in [4.78, 5) is 18.6. The topological polar surface area (TPSA) is 45.2 Å². The summed E-state index contributed by atoms with van der Waals surface area (Å²) in [6.45, 7) is 4.28. The van der Waals surface area contributed by atoms with Gasteiger partial charge < -0.3 is 5.32 Å². The molecule has 0 radical (unpaired) electrons. The third-order valence-electron chi connectivity index (χ3n) is 4.56. The van der Waals surface area contributed by atoms with E-state index in [1.165, 1.54) is 16.9 Å². The molecule has 1 aromatic carbocycles. The van der Waals surface area contributed by atoms with Crippen LogP contribution >= 0.6 is 11.3 Å². The molecular weight excluding hydrogens is 318 g/mol. The molecule has 1 atom stereocenters. The smallest absolute Gasteiger partial charge is 0.244 e. The first kappa shape index (κ1) is 16.9. The molecule has 1 aromatic heterocycles. The lowest BCUT2D eigenvalue weighted by Gasteiger charge is -2.36. The minimum Gasteiger partial charge on any atom is -0.350 e. The van der Waals surface area contributed by atoms with Gasteiger partial charge in [0, 0.05) is 36.6 Å². The number of carbonyl (C=O) groups is 1. The molecule has 1 amide bonds. The third kappa shape index (κ3) is 4.52. The van der Waals surface area contributed by atoms with Crippen LogP contribution in [0.15, 0.2) is 47.3 Å². The van der Waals surface area contributed by atoms with Crippen LogP contribution in [0.5, 0.6) is 0 Å². The molecule has 0 unspecified atom stereocenters. The highest BCUT2D eigenvalue weighted by Gasteiger charge is 2.23. The molecule has 1 saturated heterocycles. The zero-order valence-electron chi connectivity index (χ0n) is 13.9. The van der Waals surface area contributed by atoms with E-state index in [-0.39, 0.29) is 11.9 Å².